The molecule has 1 atom stereocenters. The maximum absolute atomic E-state index is 11.0. The number of quaternary nitrogens is 1. The van der Waals surface area contributed by atoms with Crippen LogP contribution in [0, 0.1) is 0 Å². The third-order valence-electron chi connectivity index (χ3n) is 5.84. The average molecular weight is 410 g/mol. The minimum absolute atomic E-state index is 0. The first-order valence-electron chi connectivity index (χ1n) is 8.82. The van der Waals surface area contributed by atoms with Crippen molar-refractivity contribution >= 4 is 0 Å². The Bertz CT molecular complexity index is 912. The van der Waals surface area contributed by atoms with Crippen LogP contribution in [0.4, 0.5) is 0 Å². The first-order valence-corrected chi connectivity index (χ1v) is 8.82. The van der Waals surface area contributed by atoms with Crippen LogP contribution in [0.15, 0.2) is 18.2 Å². The second-order valence-corrected chi connectivity index (χ2v) is 6.81. The molecular formula is C20H24ClNO6. The van der Waals surface area contributed by atoms with Crippen molar-refractivity contribution in [3.8, 4) is 34.1 Å². The van der Waals surface area contributed by atoms with Crippen molar-refractivity contribution in [3.05, 3.63) is 34.9 Å². The molecule has 0 amide bonds. The Morgan fingerprint density at radius 3 is 2.14 bits per heavy atom. The van der Waals surface area contributed by atoms with Crippen molar-refractivity contribution in [1.82, 2.24) is 0 Å². The number of methoxy groups -OCH3 is 2. The predicted molar refractivity (Wildman–Crippen MR) is 97.6 cm³/mol. The molecule has 1 aliphatic heterocycles. The molecule has 1 unspecified atom stereocenters. The summed E-state index contributed by atoms with van der Waals surface area (Å²) in [5.74, 6) is 0.751. The van der Waals surface area contributed by atoms with E-state index in [-0.39, 0.29) is 34.8 Å². The largest absolute Gasteiger partial charge is 1.00 e. The third kappa shape index (κ3) is 2.62. The highest BCUT2D eigenvalue weighted by molar-refractivity contribution is 5.87. The summed E-state index contributed by atoms with van der Waals surface area (Å²) in [6.45, 7) is 0.634. The van der Waals surface area contributed by atoms with E-state index in [0.717, 1.165) is 16.7 Å². The monoisotopic (exact) mass is 409 g/mol. The van der Waals surface area contributed by atoms with Crippen molar-refractivity contribution in [2.75, 3.05) is 35.0 Å². The molecule has 0 saturated carbocycles. The van der Waals surface area contributed by atoms with Crippen LogP contribution in [0.2, 0.25) is 0 Å². The van der Waals surface area contributed by atoms with Crippen molar-refractivity contribution in [2.45, 2.75) is 18.9 Å². The van der Waals surface area contributed by atoms with E-state index >= 15 is 0 Å². The number of hydrogen-bond donors (Lipinski definition) is 2. The van der Waals surface area contributed by atoms with Gasteiger partial charge in [0.1, 0.15) is 6.54 Å². The van der Waals surface area contributed by atoms with Crippen LogP contribution in [0.25, 0.3) is 11.1 Å². The van der Waals surface area contributed by atoms with Crippen molar-refractivity contribution in [1.29, 1.82) is 0 Å². The lowest BCUT2D eigenvalue weighted by molar-refractivity contribution is -1.26. The van der Waals surface area contributed by atoms with E-state index in [9.17, 15) is 10.2 Å². The van der Waals surface area contributed by atoms with Crippen LogP contribution < -0.4 is 21.9 Å². The third-order valence-corrected chi connectivity index (χ3v) is 5.84. The van der Waals surface area contributed by atoms with Gasteiger partial charge < -0.3 is 32.1 Å². The molecule has 1 heterocycles. The van der Waals surface area contributed by atoms with Gasteiger partial charge in [0, 0.05) is 29.5 Å². The minimum atomic E-state index is -0.171. The maximum Gasteiger partial charge on any atom is 0.182 e. The topological polar surface area (TPSA) is 77.4 Å². The molecule has 4 rings (SSSR count). The molecule has 2 aliphatic rings. The zero-order chi connectivity index (χ0) is 19.3. The van der Waals surface area contributed by atoms with Crippen molar-refractivity contribution in [2.24, 2.45) is 0 Å². The lowest BCUT2D eigenvalue weighted by Crippen LogP contribution is -3.00. The summed E-state index contributed by atoms with van der Waals surface area (Å²) in [5, 5.41) is 21.8. The molecule has 0 spiro atoms. The van der Waals surface area contributed by atoms with E-state index < -0.39 is 0 Å². The van der Waals surface area contributed by atoms with Gasteiger partial charge >= 0.3 is 0 Å². The smallest absolute Gasteiger partial charge is 0.182 e. The SMILES string of the molecule is COc1ccc2c(c1O)-c1c(O)c(OC)cc3c1C(C2)[N+](OC)(OC)CC3.[Cl-]. The quantitative estimate of drug-likeness (QED) is 0.686. The molecule has 2 aromatic rings. The van der Waals surface area contributed by atoms with Gasteiger partial charge in [0.15, 0.2) is 29.0 Å². The Labute approximate surface area is 169 Å². The number of ether oxygens (including phenoxy) is 2. The van der Waals surface area contributed by atoms with Crippen LogP contribution in [0.1, 0.15) is 22.7 Å². The summed E-state index contributed by atoms with van der Waals surface area (Å²) in [7, 11) is 6.27. The normalized spacial score (nSPS) is 18.5. The fourth-order valence-electron chi connectivity index (χ4n) is 4.53. The first-order chi connectivity index (χ1) is 13.0. The summed E-state index contributed by atoms with van der Waals surface area (Å²) >= 11 is 0. The zero-order valence-corrected chi connectivity index (χ0v) is 17.0. The molecule has 0 bridgehead atoms. The Balaban J connectivity index is 0.00000225. The van der Waals surface area contributed by atoms with Crippen LogP contribution in [-0.2, 0) is 22.5 Å². The molecule has 8 heteroatoms. The van der Waals surface area contributed by atoms with Gasteiger partial charge in [0.2, 0.25) is 0 Å². The molecule has 0 fully saturated rings. The molecule has 28 heavy (non-hydrogen) atoms. The van der Waals surface area contributed by atoms with E-state index in [4.69, 9.17) is 19.1 Å². The minimum Gasteiger partial charge on any atom is -1.00 e. The summed E-state index contributed by atoms with van der Waals surface area (Å²) < 4.78 is 10.7. The Kier molecular flexibility index (Phi) is 5.38. The number of aromatic hydroxyl groups is 2. The van der Waals surface area contributed by atoms with Gasteiger partial charge in [-0.3, -0.25) is 0 Å². The number of phenolic OH excluding ortho intramolecular Hbond substituents is 2. The van der Waals surface area contributed by atoms with Gasteiger partial charge in [0.25, 0.3) is 0 Å². The molecule has 7 nitrogen and oxygen atoms in total. The van der Waals surface area contributed by atoms with Crippen LogP contribution in [-0.4, -0.2) is 50.0 Å². The number of halogens is 1. The van der Waals surface area contributed by atoms with E-state index in [2.05, 4.69) is 0 Å². The molecule has 0 radical (unpaired) electrons. The number of hydrogen-bond acceptors (Lipinski definition) is 6. The Morgan fingerprint density at radius 2 is 1.54 bits per heavy atom. The fraction of sp³-hybridized carbons (Fsp3) is 0.400. The molecule has 1 aliphatic carbocycles. The van der Waals surface area contributed by atoms with E-state index in [1.807, 2.05) is 12.1 Å². The van der Waals surface area contributed by atoms with Gasteiger partial charge in [-0.2, -0.15) is 9.68 Å². The summed E-state index contributed by atoms with van der Waals surface area (Å²) in [4.78, 5) is 11.6. The molecule has 2 aromatic carbocycles. The van der Waals surface area contributed by atoms with Crippen LogP contribution in [0.3, 0.4) is 0 Å². The van der Waals surface area contributed by atoms with Crippen LogP contribution in [0.5, 0.6) is 23.0 Å². The number of phenols is 2. The molecular weight excluding hydrogens is 386 g/mol. The second-order valence-electron chi connectivity index (χ2n) is 6.81. The standard InChI is InChI=1S/C20H23NO6.ClH/c1-24-14-6-5-11-9-13-16-12(7-8-21(13,26-3)27-4)10-15(25-2)20(23)18(16)17(11)19(14)22;/h5-6,10,13H,7-9H2,1-4H3,(H-,22,23);1H. The number of fused-ring (bicyclic) bond motifs is 2. The Hall–Kier alpha value is -2.19. The van der Waals surface area contributed by atoms with Crippen LogP contribution >= 0.6 is 0 Å². The number of benzene rings is 2. The highest BCUT2D eigenvalue weighted by atomic mass is 35.5. The zero-order valence-electron chi connectivity index (χ0n) is 16.3. The summed E-state index contributed by atoms with van der Waals surface area (Å²) in [6.07, 6.45) is 1.29. The maximum atomic E-state index is 11.0. The van der Waals surface area contributed by atoms with Gasteiger partial charge in [-0.25, -0.2) is 0 Å². The highest BCUT2D eigenvalue weighted by Crippen LogP contribution is 2.57. The Morgan fingerprint density at radius 1 is 0.893 bits per heavy atom. The number of hydroxylamine groups is 4. The van der Waals surface area contributed by atoms with Gasteiger partial charge in [0.05, 0.1) is 28.4 Å². The average Bonchev–Trinajstić information content (AvgIpc) is 2.70. The lowest BCUT2D eigenvalue weighted by Gasteiger charge is -2.44. The molecule has 0 aromatic heterocycles. The summed E-state index contributed by atoms with van der Waals surface area (Å²) in [5.41, 5.74) is 3.99. The van der Waals surface area contributed by atoms with Gasteiger partial charge in [-0.05, 0) is 28.1 Å². The number of nitrogens with zero attached hydrogens (tertiary/aromatic N) is 1. The molecule has 0 saturated heterocycles. The second kappa shape index (κ2) is 7.33. The van der Waals surface area contributed by atoms with Crippen molar-refractivity contribution < 1.29 is 46.6 Å². The lowest BCUT2D eigenvalue weighted by atomic mass is 9.76. The number of rotatable bonds is 4. The molecule has 2 N–H and O–H groups in total. The van der Waals surface area contributed by atoms with Gasteiger partial charge in [-0.1, -0.05) is 6.07 Å². The predicted octanol–water partition coefficient (Wildman–Crippen LogP) is -0.121. The van der Waals surface area contributed by atoms with E-state index in [0.29, 0.717) is 42.0 Å². The van der Waals surface area contributed by atoms with Crippen molar-refractivity contribution in [3.63, 3.8) is 0 Å². The van der Waals surface area contributed by atoms with E-state index in [1.165, 1.54) is 14.2 Å². The fourth-order valence-corrected chi connectivity index (χ4v) is 4.53. The summed E-state index contributed by atoms with van der Waals surface area (Å²) in [6, 6.07) is 5.33. The highest BCUT2D eigenvalue weighted by Gasteiger charge is 2.51. The van der Waals surface area contributed by atoms with Gasteiger partial charge in [-0.15, -0.1) is 0 Å². The molecule has 152 valence electrons. The first kappa shape index (κ1) is 20.5. The van der Waals surface area contributed by atoms with E-state index in [1.54, 1.807) is 20.3 Å².